The molecule has 0 bridgehead atoms. The molecule has 0 unspecified atom stereocenters. The normalized spacial score (nSPS) is 11.2. The maximum absolute atomic E-state index is 12.6. The Morgan fingerprint density at radius 1 is 1.08 bits per heavy atom. The summed E-state index contributed by atoms with van der Waals surface area (Å²) in [6, 6.07) is 15.0. The summed E-state index contributed by atoms with van der Waals surface area (Å²) < 4.78 is 6.17. The zero-order valence-electron chi connectivity index (χ0n) is 14.5. The maximum atomic E-state index is 12.6. The number of rotatable bonds is 3. The first-order chi connectivity index (χ1) is 12.5. The molecular weight excluding hydrogens is 346 g/mol. The van der Waals surface area contributed by atoms with Crippen LogP contribution in [-0.4, -0.2) is 5.91 Å². The molecule has 2 aromatic heterocycles. The molecule has 4 nitrogen and oxygen atoms in total. The van der Waals surface area contributed by atoms with Gasteiger partial charge in [0.05, 0.1) is 15.0 Å². The van der Waals surface area contributed by atoms with Gasteiger partial charge >= 0.3 is 5.63 Å². The van der Waals surface area contributed by atoms with Crippen molar-refractivity contribution in [2.45, 2.75) is 20.3 Å². The molecule has 0 atom stereocenters. The molecule has 0 aliphatic rings. The van der Waals surface area contributed by atoms with Gasteiger partial charge in [-0.15, -0.1) is 11.3 Å². The summed E-state index contributed by atoms with van der Waals surface area (Å²) in [6.45, 7) is 4.07. The van der Waals surface area contributed by atoms with Gasteiger partial charge in [0, 0.05) is 11.1 Å². The zero-order valence-corrected chi connectivity index (χ0v) is 15.3. The van der Waals surface area contributed by atoms with E-state index in [0.717, 1.165) is 27.8 Å². The zero-order chi connectivity index (χ0) is 18.3. The van der Waals surface area contributed by atoms with E-state index in [-0.39, 0.29) is 5.91 Å². The van der Waals surface area contributed by atoms with Gasteiger partial charge in [0.25, 0.3) is 5.91 Å². The van der Waals surface area contributed by atoms with Crippen LogP contribution in [0.25, 0.3) is 21.1 Å². The smallest absolute Gasteiger partial charge is 0.345 e. The second-order valence-corrected chi connectivity index (χ2v) is 7.30. The summed E-state index contributed by atoms with van der Waals surface area (Å²) in [6.07, 6.45) is 0.951. The molecule has 4 rings (SSSR count). The number of anilines is 1. The third kappa shape index (κ3) is 2.91. The average molecular weight is 363 g/mol. The number of hydrogen-bond acceptors (Lipinski definition) is 4. The molecule has 0 fully saturated rings. The molecule has 5 heteroatoms. The van der Waals surface area contributed by atoms with Gasteiger partial charge in [0.2, 0.25) is 0 Å². The first-order valence-electron chi connectivity index (χ1n) is 8.42. The van der Waals surface area contributed by atoms with E-state index in [1.54, 1.807) is 12.1 Å². The van der Waals surface area contributed by atoms with E-state index in [1.807, 2.05) is 43.3 Å². The molecule has 0 saturated carbocycles. The van der Waals surface area contributed by atoms with Crippen molar-refractivity contribution in [3.63, 3.8) is 0 Å². The first-order valence-corrected chi connectivity index (χ1v) is 9.24. The van der Waals surface area contributed by atoms with Crippen LogP contribution >= 0.6 is 11.3 Å². The molecule has 0 aliphatic carbocycles. The molecule has 4 aromatic rings. The fourth-order valence-corrected chi connectivity index (χ4v) is 4.00. The van der Waals surface area contributed by atoms with E-state index in [2.05, 4.69) is 12.2 Å². The molecular formula is C21H17NO3S. The third-order valence-electron chi connectivity index (χ3n) is 4.38. The Morgan fingerprint density at radius 3 is 2.58 bits per heavy atom. The van der Waals surface area contributed by atoms with E-state index >= 15 is 0 Å². The van der Waals surface area contributed by atoms with Gasteiger partial charge in [-0.2, -0.15) is 0 Å². The Kier molecular flexibility index (Phi) is 4.09. The van der Waals surface area contributed by atoms with Gasteiger partial charge in [0.1, 0.15) is 5.58 Å². The van der Waals surface area contributed by atoms with Crippen LogP contribution in [0, 0.1) is 6.92 Å². The number of hydrogen-bond donors (Lipinski definition) is 1. The van der Waals surface area contributed by atoms with Gasteiger partial charge in [-0.1, -0.05) is 30.7 Å². The SMILES string of the molecule is CCc1ccc(NC(=O)c2cc3c(=O)oc4ccc(C)cc4c3s2)cc1. The quantitative estimate of drug-likeness (QED) is 0.513. The summed E-state index contributed by atoms with van der Waals surface area (Å²) in [7, 11) is 0. The van der Waals surface area contributed by atoms with E-state index in [9.17, 15) is 9.59 Å². The number of thiophene rings is 1. The number of nitrogens with one attached hydrogen (secondary N) is 1. The summed E-state index contributed by atoms with van der Waals surface area (Å²) in [5.41, 5.74) is 3.14. The minimum atomic E-state index is -0.418. The van der Waals surface area contributed by atoms with Crippen LogP contribution in [-0.2, 0) is 6.42 Å². The lowest BCUT2D eigenvalue weighted by molar-refractivity contribution is 0.103. The van der Waals surface area contributed by atoms with Gasteiger partial charge in [-0.3, -0.25) is 4.79 Å². The second-order valence-electron chi connectivity index (χ2n) is 6.25. The second kappa shape index (κ2) is 6.42. The Morgan fingerprint density at radius 2 is 1.85 bits per heavy atom. The minimum Gasteiger partial charge on any atom is -0.422 e. The molecule has 0 aliphatic heterocycles. The van der Waals surface area contributed by atoms with Gasteiger partial charge in [-0.05, 0) is 49.2 Å². The van der Waals surface area contributed by atoms with E-state index in [1.165, 1.54) is 16.9 Å². The molecule has 2 aromatic carbocycles. The van der Waals surface area contributed by atoms with Gasteiger partial charge in [0.15, 0.2) is 0 Å². The Bertz CT molecular complexity index is 1190. The molecule has 1 N–H and O–H groups in total. The molecule has 1 amide bonds. The van der Waals surface area contributed by atoms with Crippen molar-refractivity contribution < 1.29 is 9.21 Å². The van der Waals surface area contributed by atoms with Crippen LogP contribution in [0.3, 0.4) is 0 Å². The molecule has 26 heavy (non-hydrogen) atoms. The highest BCUT2D eigenvalue weighted by Crippen LogP contribution is 2.31. The van der Waals surface area contributed by atoms with Gasteiger partial charge < -0.3 is 9.73 Å². The predicted octanol–water partition coefficient (Wildman–Crippen LogP) is 5.13. The van der Waals surface area contributed by atoms with Crippen LogP contribution in [0.2, 0.25) is 0 Å². The van der Waals surface area contributed by atoms with Crippen molar-refractivity contribution in [3.8, 4) is 0 Å². The number of carbonyl (C=O) groups is 1. The molecule has 2 heterocycles. The van der Waals surface area contributed by atoms with Crippen LogP contribution in [0.5, 0.6) is 0 Å². The lowest BCUT2D eigenvalue weighted by atomic mass is 10.1. The number of aryl methyl sites for hydroxylation is 2. The standard InChI is InChI=1S/C21H17NO3S/c1-3-13-5-7-14(8-6-13)22-20(23)18-11-16-19(26-18)15-10-12(2)4-9-17(15)25-21(16)24/h4-11H,3H2,1-2H3,(H,22,23). The lowest BCUT2D eigenvalue weighted by Crippen LogP contribution is -2.10. The van der Waals surface area contributed by atoms with E-state index < -0.39 is 5.63 Å². The van der Waals surface area contributed by atoms with Crippen molar-refractivity contribution in [2.75, 3.05) is 5.32 Å². The Balaban J connectivity index is 1.75. The highest BCUT2D eigenvalue weighted by atomic mass is 32.1. The monoisotopic (exact) mass is 363 g/mol. The van der Waals surface area contributed by atoms with E-state index in [0.29, 0.717) is 15.8 Å². The Labute approximate surface area is 154 Å². The van der Waals surface area contributed by atoms with Crippen LogP contribution < -0.4 is 10.9 Å². The number of benzene rings is 2. The summed E-state index contributed by atoms with van der Waals surface area (Å²) in [4.78, 5) is 25.4. The van der Waals surface area contributed by atoms with Crippen molar-refractivity contribution in [1.82, 2.24) is 0 Å². The maximum Gasteiger partial charge on any atom is 0.345 e. The summed E-state index contributed by atoms with van der Waals surface area (Å²) in [5.74, 6) is -0.226. The Hall–Kier alpha value is -2.92. The van der Waals surface area contributed by atoms with Crippen molar-refractivity contribution >= 4 is 44.0 Å². The van der Waals surface area contributed by atoms with Crippen molar-refractivity contribution in [2.24, 2.45) is 0 Å². The fraction of sp³-hybridized carbons (Fsp3) is 0.143. The number of carbonyl (C=O) groups excluding carboxylic acids is 1. The highest BCUT2D eigenvalue weighted by Gasteiger charge is 2.16. The first kappa shape index (κ1) is 16.5. The summed E-state index contributed by atoms with van der Waals surface area (Å²) in [5, 5.41) is 4.19. The number of fused-ring (bicyclic) bond motifs is 3. The van der Waals surface area contributed by atoms with Crippen LogP contribution in [0.15, 0.2) is 57.7 Å². The fourth-order valence-electron chi connectivity index (χ4n) is 2.94. The predicted molar refractivity (Wildman–Crippen MR) is 106 cm³/mol. The summed E-state index contributed by atoms with van der Waals surface area (Å²) >= 11 is 1.31. The molecule has 0 saturated heterocycles. The highest BCUT2D eigenvalue weighted by molar-refractivity contribution is 7.21. The van der Waals surface area contributed by atoms with Gasteiger partial charge in [-0.25, -0.2) is 4.79 Å². The van der Waals surface area contributed by atoms with Crippen LogP contribution in [0.4, 0.5) is 5.69 Å². The topological polar surface area (TPSA) is 59.3 Å². The largest absolute Gasteiger partial charge is 0.422 e. The van der Waals surface area contributed by atoms with Crippen LogP contribution in [0.1, 0.15) is 27.7 Å². The van der Waals surface area contributed by atoms with Crippen molar-refractivity contribution in [3.05, 3.63) is 75.0 Å². The number of amides is 1. The third-order valence-corrected chi connectivity index (χ3v) is 5.55. The van der Waals surface area contributed by atoms with E-state index in [4.69, 9.17) is 4.42 Å². The molecule has 0 radical (unpaired) electrons. The average Bonchev–Trinajstić information content (AvgIpc) is 3.10. The molecule has 0 spiro atoms. The minimum absolute atomic E-state index is 0.226. The molecule has 130 valence electrons. The van der Waals surface area contributed by atoms with Crippen molar-refractivity contribution in [1.29, 1.82) is 0 Å². The lowest BCUT2D eigenvalue weighted by Gasteiger charge is -2.04.